The molecular weight excluding hydrogens is 433 g/mol. The summed E-state index contributed by atoms with van der Waals surface area (Å²) in [5, 5.41) is 0. The van der Waals surface area contributed by atoms with Gasteiger partial charge in [-0.15, -0.1) is 0 Å². The zero-order chi connectivity index (χ0) is 24.1. The first-order valence-corrected chi connectivity index (χ1v) is 11.9. The second-order valence-electron chi connectivity index (χ2n) is 9.15. The van der Waals surface area contributed by atoms with Crippen molar-refractivity contribution in [2.75, 3.05) is 13.7 Å². The Balaban J connectivity index is 1.43. The van der Waals surface area contributed by atoms with Crippen LogP contribution >= 0.6 is 0 Å². The quantitative estimate of drug-likeness (QED) is 0.417. The smallest absolute Gasteiger partial charge is 0.337 e. The van der Waals surface area contributed by atoms with Crippen molar-refractivity contribution in [2.45, 2.75) is 56.4 Å². The molecule has 4 rings (SSSR count). The lowest BCUT2D eigenvalue weighted by Gasteiger charge is -2.27. The molecule has 0 aromatic heterocycles. The highest BCUT2D eigenvalue weighted by Gasteiger charge is 2.41. The fraction of sp³-hybridized carbons (Fsp3) is 0.393. The van der Waals surface area contributed by atoms with E-state index in [9.17, 15) is 18.8 Å². The lowest BCUT2D eigenvalue weighted by molar-refractivity contribution is -0.128. The number of carbonyl (C=O) groups is 3. The number of esters is 1. The number of ketones is 1. The highest BCUT2D eigenvalue weighted by molar-refractivity contribution is 5.99. The van der Waals surface area contributed by atoms with E-state index in [1.807, 2.05) is 23.1 Å². The van der Waals surface area contributed by atoms with Crippen LogP contribution in [-0.2, 0) is 26.2 Å². The predicted molar refractivity (Wildman–Crippen MR) is 127 cm³/mol. The van der Waals surface area contributed by atoms with Crippen LogP contribution in [0.15, 0.2) is 60.7 Å². The van der Waals surface area contributed by atoms with E-state index in [2.05, 4.69) is 0 Å². The summed E-state index contributed by atoms with van der Waals surface area (Å²) in [4.78, 5) is 39.3. The third kappa shape index (κ3) is 4.96. The number of amides is 1. The van der Waals surface area contributed by atoms with E-state index in [0.29, 0.717) is 31.4 Å². The summed E-state index contributed by atoms with van der Waals surface area (Å²) in [5.74, 6) is -0.562. The molecule has 5 nitrogen and oxygen atoms in total. The lowest BCUT2D eigenvalue weighted by Crippen LogP contribution is -2.35. The molecule has 2 aliphatic rings. The van der Waals surface area contributed by atoms with Crippen molar-refractivity contribution in [1.29, 1.82) is 0 Å². The maximum atomic E-state index is 13.4. The van der Waals surface area contributed by atoms with Crippen LogP contribution in [-0.4, -0.2) is 42.3 Å². The fourth-order valence-electron chi connectivity index (χ4n) is 5.20. The van der Waals surface area contributed by atoms with Crippen LogP contribution in [0.25, 0.3) is 0 Å². The molecule has 0 bridgehead atoms. The van der Waals surface area contributed by atoms with E-state index in [4.69, 9.17) is 4.74 Å². The molecule has 1 amide bonds. The van der Waals surface area contributed by atoms with Crippen LogP contribution in [0.3, 0.4) is 0 Å². The first-order valence-electron chi connectivity index (χ1n) is 11.9. The number of likely N-dealkylation sites (tertiary alicyclic amines) is 1. The monoisotopic (exact) mass is 463 g/mol. The molecule has 2 aromatic rings. The minimum Gasteiger partial charge on any atom is -0.465 e. The van der Waals surface area contributed by atoms with Gasteiger partial charge in [0.25, 0.3) is 0 Å². The van der Waals surface area contributed by atoms with Gasteiger partial charge in [0.2, 0.25) is 5.91 Å². The van der Waals surface area contributed by atoms with Gasteiger partial charge in [-0.1, -0.05) is 43.2 Å². The van der Waals surface area contributed by atoms with Crippen molar-refractivity contribution in [1.82, 2.24) is 4.90 Å². The van der Waals surface area contributed by atoms with Crippen molar-refractivity contribution in [3.05, 3.63) is 83.2 Å². The molecule has 178 valence electrons. The summed E-state index contributed by atoms with van der Waals surface area (Å²) in [6, 6.07) is 13.4. The number of hydrogen-bond donors (Lipinski definition) is 0. The van der Waals surface area contributed by atoms with E-state index in [1.54, 1.807) is 30.3 Å². The molecule has 34 heavy (non-hydrogen) atoms. The number of hydrogen-bond acceptors (Lipinski definition) is 4. The SMILES string of the molecule is COC(=O)c1ccc(CCN2C(=O)CC[C@@H]2C=CC(=O)C2(c3ccc(F)cc3)CCCC2)cc1. The number of halogens is 1. The Morgan fingerprint density at radius 3 is 2.41 bits per heavy atom. The number of nitrogens with zero attached hydrogens (tertiary/aromatic N) is 1. The highest BCUT2D eigenvalue weighted by Crippen LogP contribution is 2.42. The minimum absolute atomic E-state index is 0.0364. The van der Waals surface area contributed by atoms with Gasteiger partial charge in [-0.3, -0.25) is 9.59 Å². The topological polar surface area (TPSA) is 63.7 Å². The van der Waals surface area contributed by atoms with E-state index >= 15 is 0 Å². The Kier molecular flexibility index (Phi) is 7.25. The summed E-state index contributed by atoms with van der Waals surface area (Å²) in [7, 11) is 1.35. The first kappa shape index (κ1) is 23.9. The zero-order valence-corrected chi connectivity index (χ0v) is 19.5. The van der Waals surface area contributed by atoms with Crippen molar-refractivity contribution < 1.29 is 23.5 Å². The Bertz CT molecular complexity index is 1070. The molecular formula is C28H30FNO4. The molecule has 1 atom stereocenters. The van der Waals surface area contributed by atoms with Crippen molar-refractivity contribution in [3.63, 3.8) is 0 Å². The average molecular weight is 464 g/mol. The third-order valence-corrected chi connectivity index (χ3v) is 7.19. The van der Waals surface area contributed by atoms with Gasteiger partial charge in [-0.25, -0.2) is 9.18 Å². The lowest BCUT2D eigenvalue weighted by atomic mass is 9.75. The van der Waals surface area contributed by atoms with Gasteiger partial charge >= 0.3 is 5.97 Å². The van der Waals surface area contributed by atoms with Gasteiger partial charge in [0.05, 0.1) is 24.1 Å². The average Bonchev–Trinajstić information content (AvgIpc) is 3.49. The molecule has 1 saturated heterocycles. The van der Waals surface area contributed by atoms with E-state index in [-0.39, 0.29) is 29.5 Å². The summed E-state index contributed by atoms with van der Waals surface area (Å²) >= 11 is 0. The zero-order valence-electron chi connectivity index (χ0n) is 19.5. The van der Waals surface area contributed by atoms with Crippen LogP contribution in [0.5, 0.6) is 0 Å². The van der Waals surface area contributed by atoms with Crippen molar-refractivity contribution >= 4 is 17.7 Å². The number of rotatable bonds is 8. The second-order valence-corrected chi connectivity index (χ2v) is 9.15. The molecule has 0 radical (unpaired) electrons. The molecule has 1 heterocycles. The molecule has 0 spiro atoms. The van der Waals surface area contributed by atoms with Crippen LogP contribution in [0.4, 0.5) is 4.39 Å². The number of allylic oxidation sites excluding steroid dienone is 1. The standard InChI is InChI=1S/C28H30FNO4/c1-34-27(33)21-6-4-20(5-7-21)16-19-30-24(13-15-26(30)32)12-14-25(31)28(17-2-3-18-28)22-8-10-23(29)11-9-22/h4-12,14,24H,2-3,13,15-19H2,1H3/t24-/m0/s1. The van der Waals surface area contributed by atoms with E-state index in [0.717, 1.165) is 36.8 Å². The maximum absolute atomic E-state index is 13.4. The van der Waals surface area contributed by atoms with Gasteiger partial charge in [-0.05, 0) is 67.2 Å². The molecule has 2 aromatic carbocycles. The number of ether oxygens (including phenoxy) is 1. The number of benzene rings is 2. The third-order valence-electron chi connectivity index (χ3n) is 7.19. The highest BCUT2D eigenvalue weighted by atomic mass is 19.1. The molecule has 1 aliphatic heterocycles. The fourth-order valence-corrected chi connectivity index (χ4v) is 5.20. The summed E-state index contributed by atoms with van der Waals surface area (Å²) in [5.41, 5.74) is 1.78. The molecule has 6 heteroatoms. The molecule has 0 unspecified atom stereocenters. The largest absolute Gasteiger partial charge is 0.465 e. The van der Waals surface area contributed by atoms with Gasteiger partial charge in [-0.2, -0.15) is 0 Å². The molecule has 1 saturated carbocycles. The van der Waals surface area contributed by atoms with Crippen molar-refractivity contribution in [3.8, 4) is 0 Å². The van der Waals surface area contributed by atoms with Crippen LogP contribution in [0.2, 0.25) is 0 Å². The molecule has 1 aliphatic carbocycles. The second kappa shape index (κ2) is 10.3. The van der Waals surface area contributed by atoms with Crippen LogP contribution in [0.1, 0.15) is 60.0 Å². The Morgan fingerprint density at radius 2 is 1.76 bits per heavy atom. The van der Waals surface area contributed by atoms with Gasteiger partial charge in [0.15, 0.2) is 5.78 Å². The van der Waals surface area contributed by atoms with Gasteiger partial charge in [0.1, 0.15) is 5.82 Å². The van der Waals surface area contributed by atoms with E-state index < -0.39 is 5.41 Å². The number of carbonyl (C=O) groups excluding carboxylic acids is 3. The Morgan fingerprint density at radius 1 is 1.09 bits per heavy atom. The maximum Gasteiger partial charge on any atom is 0.337 e. The van der Waals surface area contributed by atoms with Gasteiger partial charge < -0.3 is 9.64 Å². The Hall–Kier alpha value is -3.28. The van der Waals surface area contributed by atoms with Crippen molar-refractivity contribution in [2.24, 2.45) is 0 Å². The minimum atomic E-state index is -0.598. The predicted octanol–water partition coefficient (Wildman–Crippen LogP) is 4.78. The Labute approximate surface area is 199 Å². The molecule has 2 fully saturated rings. The summed E-state index contributed by atoms with van der Waals surface area (Å²) < 4.78 is 18.2. The van der Waals surface area contributed by atoms with Crippen LogP contribution < -0.4 is 0 Å². The van der Waals surface area contributed by atoms with Gasteiger partial charge in [0, 0.05) is 13.0 Å². The summed E-state index contributed by atoms with van der Waals surface area (Å²) in [6.07, 6.45) is 8.80. The molecule has 0 N–H and O–H groups in total. The number of methoxy groups -OCH3 is 1. The first-order chi connectivity index (χ1) is 16.4. The summed E-state index contributed by atoms with van der Waals surface area (Å²) in [6.45, 7) is 0.544. The van der Waals surface area contributed by atoms with E-state index in [1.165, 1.54) is 19.2 Å². The normalized spacial score (nSPS) is 19.6. The van der Waals surface area contributed by atoms with Crippen LogP contribution in [0, 0.1) is 5.82 Å².